The minimum absolute atomic E-state index is 0.219. The number of aromatic carboxylic acids is 1. The summed E-state index contributed by atoms with van der Waals surface area (Å²) in [4.78, 5) is 11.5. The number of rotatable bonds is 3. The number of fused-ring (bicyclic) bond motifs is 1. The van der Waals surface area contributed by atoms with Crippen LogP contribution in [0.5, 0.6) is 11.5 Å². The zero-order valence-electron chi connectivity index (χ0n) is 11.8. The molecule has 0 saturated carbocycles. The van der Waals surface area contributed by atoms with Gasteiger partial charge in [0.05, 0.1) is 19.3 Å². The number of hydrogen-bond acceptors (Lipinski definition) is 3. The Labute approximate surface area is 122 Å². The highest BCUT2D eigenvalue weighted by Crippen LogP contribution is 2.38. The first-order valence-electron chi connectivity index (χ1n) is 6.87. The lowest BCUT2D eigenvalue weighted by Gasteiger charge is -2.21. The molecule has 4 nitrogen and oxygen atoms in total. The Morgan fingerprint density at radius 2 is 2.10 bits per heavy atom. The number of carboxylic acid groups (broad SMARTS) is 1. The number of carboxylic acids is 1. The van der Waals surface area contributed by atoms with E-state index in [1.165, 1.54) is 7.11 Å². The van der Waals surface area contributed by atoms with Gasteiger partial charge in [-0.3, -0.25) is 0 Å². The number of ether oxygens (including phenoxy) is 2. The molecule has 0 amide bonds. The average Bonchev–Trinajstić information content (AvgIpc) is 2.53. The van der Waals surface area contributed by atoms with Gasteiger partial charge in [-0.15, -0.1) is 0 Å². The fraction of sp³-hybridized carbons (Fsp3) is 0.235. The van der Waals surface area contributed by atoms with Crippen LogP contribution in [-0.2, 0) is 6.42 Å². The summed E-state index contributed by atoms with van der Waals surface area (Å²) in [5.41, 5.74) is 2.83. The van der Waals surface area contributed by atoms with Crippen LogP contribution in [0.4, 0.5) is 0 Å². The zero-order valence-corrected chi connectivity index (χ0v) is 11.8. The van der Waals surface area contributed by atoms with E-state index in [-0.39, 0.29) is 5.56 Å². The standard InChI is InChI=1S/C17H16O4/c1-20-12-7-8-13(15(10-12)17(18)19)14-6-2-4-11-5-3-9-21-16(11)14/h2,4,6-8,10H,3,5,9H2,1H3,(H,18,19). The van der Waals surface area contributed by atoms with Crippen LogP contribution in [0.1, 0.15) is 22.3 Å². The number of carbonyl (C=O) groups is 1. The molecule has 0 unspecified atom stereocenters. The van der Waals surface area contributed by atoms with Crippen LogP contribution >= 0.6 is 0 Å². The Hall–Kier alpha value is -2.49. The van der Waals surface area contributed by atoms with Gasteiger partial charge in [0, 0.05) is 11.1 Å². The highest BCUT2D eigenvalue weighted by Gasteiger charge is 2.20. The SMILES string of the molecule is COc1ccc(-c2cccc3c2OCCC3)c(C(=O)O)c1. The first-order valence-corrected chi connectivity index (χ1v) is 6.87. The number of benzene rings is 2. The van der Waals surface area contributed by atoms with E-state index in [0.29, 0.717) is 17.9 Å². The molecule has 1 heterocycles. The fourth-order valence-corrected chi connectivity index (χ4v) is 2.66. The van der Waals surface area contributed by atoms with E-state index in [0.717, 1.165) is 29.7 Å². The van der Waals surface area contributed by atoms with Crippen molar-refractivity contribution in [2.24, 2.45) is 0 Å². The minimum Gasteiger partial charge on any atom is -0.497 e. The Bertz CT molecular complexity index is 691. The monoisotopic (exact) mass is 284 g/mol. The first-order chi connectivity index (χ1) is 10.2. The molecule has 0 aliphatic carbocycles. The lowest BCUT2D eigenvalue weighted by atomic mass is 9.94. The number of hydrogen-bond donors (Lipinski definition) is 1. The van der Waals surface area contributed by atoms with Crippen LogP contribution in [0.3, 0.4) is 0 Å². The Balaban J connectivity index is 2.19. The summed E-state index contributed by atoms with van der Waals surface area (Å²) in [5, 5.41) is 9.45. The third kappa shape index (κ3) is 2.44. The van der Waals surface area contributed by atoms with Crippen molar-refractivity contribution in [1.82, 2.24) is 0 Å². The summed E-state index contributed by atoms with van der Waals surface area (Å²) >= 11 is 0. The molecule has 0 fully saturated rings. The molecule has 0 spiro atoms. The first kappa shape index (κ1) is 13.5. The number of methoxy groups -OCH3 is 1. The zero-order chi connectivity index (χ0) is 14.8. The van der Waals surface area contributed by atoms with E-state index in [1.807, 2.05) is 18.2 Å². The van der Waals surface area contributed by atoms with E-state index in [4.69, 9.17) is 9.47 Å². The second-order valence-electron chi connectivity index (χ2n) is 4.96. The fourth-order valence-electron chi connectivity index (χ4n) is 2.66. The van der Waals surface area contributed by atoms with Gasteiger partial charge in [-0.1, -0.05) is 18.2 Å². The Morgan fingerprint density at radius 1 is 1.24 bits per heavy atom. The van der Waals surface area contributed by atoms with E-state index >= 15 is 0 Å². The maximum absolute atomic E-state index is 11.5. The third-order valence-electron chi connectivity index (χ3n) is 3.68. The van der Waals surface area contributed by atoms with Crippen molar-refractivity contribution in [2.75, 3.05) is 13.7 Å². The van der Waals surface area contributed by atoms with Crippen molar-refractivity contribution in [3.8, 4) is 22.6 Å². The molecular formula is C17H16O4. The van der Waals surface area contributed by atoms with E-state index in [9.17, 15) is 9.90 Å². The molecule has 1 N–H and O–H groups in total. The Morgan fingerprint density at radius 3 is 2.86 bits per heavy atom. The largest absolute Gasteiger partial charge is 0.497 e. The maximum atomic E-state index is 11.5. The van der Waals surface area contributed by atoms with Crippen molar-refractivity contribution >= 4 is 5.97 Å². The molecule has 0 saturated heterocycles. The van der Waals surface area contributed by atoms with Crippen LogP contribution in [0, 0.1) is 0 Å². The van der Waals surface area contributed by atoms with E-state index < -0.39 is 5.97 Å². The molecule has 21 heavy (non-hydrogen) atoms. The molecule has 2 aromatic carbocycles. The van der Waals surface area contributed by atoms with Crippen LogP contribution in [0.2, 0.25) is 0 Å². The van der Waals surface area contributed by atoms with Crippen LogP contribution in [0.15, 0.2) is 36.4 Å². The highest BCUT2D eigenvalue weighted by atomic mass is 16.5. The topological polar surface area (TPSA) is 55.8 Å². The Kier molecular flexibility index (Phi) is 3.52. The normalized spacial score (nSPS) is 13.2. The minimum atomic E-state index is -0.975. The van der Waals surface area contributed by atoms with E-state index in [2.05, 4.69) is 0 Å². The molecule has 0 radical (unpaired) electrons. The van der Waals surface area contributed by atoms with E-state index in [1.54, 1.807) is 18.2 Å². The van der Waals surface area contributed by atoms with Gasteiger partial charge in [0.1, 0.15) is 11.5 Å². The predicted molar refractivity (Wildman–Crippen MR) is 79.2 cm³/mol. The van der Waals surface area contributed by atoms with Crippen molar-refractivity contribution in [3.05, 3.63) is 47.5 Å². The molecule has 108 valence electrons. The van der Waals surface area contributed by atoms with Crippen LogP contribution in [-0.4, -0.2) is 24.8 Å². The molecule has 3 rings (SSSR count). The molecular weight excluding hydrogens is 268 g/mol. The summed E-state index contributed by atoms with van der Waals surface area (Å²) in [6, 6.07) is 11.0. The smallest absolute Gasteiger partial charge is 0.336 e. The summed E-state index contributed by atoms with van der Waals surface area (Å²) in [5.74, 6) is 0.357. The predicted octanol–water partition coefficient (Wildman–Crippen LogP) is 3.39. The van der Waals surface area contributed by atoms with Crippen LogP contribution in [0.25, 0.3) is 11.1 Å². The summed E-state index contributed by atoms with van der Waals surface area (Å²) < 4.78 is 10.9. The van der Waals surface area contributed by atoms with Gasteiger partial charge in [-0.05, 0) is 36.6 Å². The summed E-state index contributed by atoms with van der Waals surface area (Å²) in [6.45, 7) is 0.669. The lowest BCUT2D eigenvalue weighted by Crippen LogP contribution is -2.10. The number of aryl methyl sites for hydroxylation is 1. The quantitative estimate of drug-likeness (QED) is 0.938. The van der Waals surface area contributed by atoms with Gasteiger partial charge < -0.3 is 14.6 Å². The third-order valence-corrected chi connectivity index (χ3v) is 3.68. The van der Waals surface area contributed by atoms with Gasteiger partial charge in [0.25, 0.3) is 0 Å². The van der Waals surface area contributed by atoms with Crippen LogP contribution < -0.4 is 9.47 Å². The van der Waals surface area contributed by atoms with Crippen molar-refractivity contribution in [2.45, 2.75) is 12.8 Å². The van der Waals surface area contributed by atoms with Gasteiger partial charge >= 0.3 is 5.97 Å². The highest BCUT2D eigenvalue weighted by molar-refractivity contribution is 5.97. The molecule has 0 bridgehead atoms. The van der Waals surface area contributed by atoms with Gasteiger partial charge in [0.2, 0.25) is 0 Å². The summed E-state index contributed by atoms with van der Waals surface area (Å²) in [7, 11) is 1.52. The average molecular weight is 284 g/mol. The number of para-hydroxylation sites is 1. The van der Waals surface area contributed by atoms with Gasteiger partial charge in [0.15, 0.2) is 0 Å². The van der Waals surface area contributed by atoms with Gasteiger partial charge in [-0.25, -0.2) is 4.79 Å². The lowest BCUT2D eigenvalue weighted by molar-refractivity contribution is 0.0697. The van der Waals surface area contributed by atoms with Gasteiger partial charge in [-0.2, -0.15) is 0 Å². The maximum Gasteiger partial charge on any atom is 0.336 e. The van der Waals surface area contributed by atoms with Crippen molar-refractivity contribution in [1.29, 1.82) is 0 Å². The molecule has 4 heteroatoms. The molecule has 2 aromatic rings. The molecule has 0 aromatic heterocycles. The molecule has 1 aliphatic heterocycles. The van der Waals surface area contributed by atoms with Crippen molar-refractivity contribution < 1.29 is 19.4 Å². The second-order valence-corrected chi connectivity index (χ2v) is 4.96. The second kappa shape index (κ2) is 5.48. The summed E-state index contributed by atoms with van der Waals surface area (Å²) in [6.07, 6.45) is 1.95. The molecule has 0 atom stereocenters. The molecule has 1 aliphatic rings. The van der Waals surface area contributed by atoms with Crippen molar-refractivity contribution in [3.63, 3.8) is 0 Å².